The van der Waals surface area contributed by atoms with Gasteiger partial charge < -0.3 is 9.88 Å². The van der Waals surface area contributed by atoms with Crippen LogP contribution in [0.3, 0.4) is 0 Å². The summed E-state index contributed by atoms with van der Waals surface area (Å²) in [7, 11) is 0. The molecule has 2 aliphatic rings. The highest BCUT2D eigenvalue weighted by Crippen LogP contribution is 2.38. The molecule has 0 radical (unpaired) electrons. The molecule has 5 rings (SSSR count). The van der Waals surface area contributed by atoms with Crippen LogP contribution in [0.2, 0.25) is 0 Å². The summed E-state index contributed by atoms with van der Waals surface area (Å²) in [6, 6.07) is 10.3. The van der Waals surface area contributed by atoms with Crippen LogP contribution in [0.4, 0.5) is 5.69 Å². The van der Waals surface area contributed by atoms with Crippen LogP contribution in [0.25, 0.3) is 10.2 Å². The molecule has 6 heteroatoms. The fourth-order valence-corrected chi connectivity index (χ4v) is 6.06. The van der Waals surface area contributed by atoms with Crippen molar-refractivity contribution < 1.29 is 9.59 Å². The number of amides is 2. The summed E-state index contributed by atoms with van der Waals surface area (Å²) in [5, 5.41) is 5.34. The number of nitrogens with zero attached hydrogens (tertiary/aromatic N) is 2. The van der Waals surface area contributed by atoms with E-state index < -0.39 is 5.54 Å². The second-order valence-electron chi connectivity index (χ2n) is 9.30. The van der Waals surface area contributed by atoms with Crippen LogP contribution in [0, 0.1) is 13.8 Å². The third-order valence-electron chi connectivity index (χ3n) is 6.93. The molecular formula is C25H29N3O2S. The number of hydrogen-bond donors (Lipinski definition) is 1. The van der Waals surface area contributed by atoms with Gasteiger partial charge in [0.15, 0.2) is 0 Å². The van der Waals surface area contributed by atoms with Crippen molar-refractivity contribution in [2.24, 2.45) is 0 Å². The second-order valence-corrected chi connectivity index (χ2v) is 10.2. The summed E-state index contributed by atoms with van der Waals surface area (Å²) in [5.74, 6) is -0.168. The fraction of sp³-hybridized carbons (Fsp3) is 0.440. The molecule has 1 N–H and O–H groups in total. The summed E-state index contributed by atoms with van der Waals surface area (Å²) in [5.41, 5.74) is 3.65. The van der Waals surface area contributed by atoms with Crippen molar-refractivity contribution in [2.45, 2.75) is 71.0 Å². The molecule has 1 atom stereocenters. The van der Waals surface area contributed by atoms with E-state index in [1.807, 2.05) is 55.0 Å². The van der Waals surface area contributed by atoms with Gasteiger partial charge in [0.2, 0.25) is 5.91 Å². The first kappa shape index (κ1) is 20.3. The first-order valence-corrected chi connectivity index (χ1v) is 12.1. The molecule has 1 saturated carbocycles. The predicted octanol–water partition coefficient (Wildman–Crippen LogP) is 5.19. The summed E-state index contributed by atoms with van der Waals surface area (Å²) in [4.78, 5) is 29.4. The van der Waals surface area contributed by atoms with Gasteiger partial charge in [-0.25, -0.2) is 0 Å². The first-order chi connectivity index (χ1) is 14.9. The number of thiophene rings is 1. The van der Waals surface area contributed by atoms with Crippen LogP contribution in [0.1, 0.15) is 60.6 Å². The zero-order valence-electron chi connectivity index (χ0n) is 18.4. The van der Waals surface area contributed by atoms with Crippen LogP contribution >= 0.6 is 11.3 Å². The van der Waals surface area contributed by atoms with Gasteiger partial charge in [0.05, 0.1) is 16.8 Å². The van der Waals surface area contributed by atoms with Crippen LogP contribution in [0.5, 0.6) is 0 Å². The van der Waals surface area contributed by atoms with E-state index in [0.717, 1.165) is 52.7 Å². The number of hydrogen-bond acceptors (Lipinski definition) is 3. The van der Waals surface area contributed by atoms with Gasteiger partial charge in [-0.2, -0.15) is 0 Å². The Morgan fingerprint density at radius 2 is 1.90 bits per heavy atom. The van der Waals surface area contributed by atoms with E-state index in [4.69, 9.17) is 0 Å². The van der Waals surface area contributed by atoms with Gasteiger partial charge in [0.1, 0.15) is 11.2 Å². The molecule has 0 bridgehead atoms. The maximum absolute atomic E-state index is 13.9. The maximum Gasteiger partial charge on any atom is 0.275 e. The van der Waals surface area contributed by atoms with Crippen molar-refractivity contribution in [3.8, 4) is 0 Å². The molecule has 3 aromatic rings. The Morgan fingerprint density at radius 3 is 2.65 bits per heavy atom. The molecule has 0 unspecified atom stereocenters. The lowest BCUT2D eigenvalue weighted by Gasteiger charge is -2.45. The van der Waals surface area contributed by atoms with Crippen LogP contribution in [0.15, 0.2) is 35.7 Å². The smallest absolute Gasteiger partial charge is 0.275 e. The van der Waals surface area contributed by atoms with Crippen molar-refractivity contribution in [1.82, 2.24) is 9.88 Å². The van der Waals surface area contributed by atoms with E-state index in [-0.39, 0.29) is 17.9 Å². The Morgan fingerprint density at radius 1 is 1.13 bits per heavy atom. The number of anilines is 1. The second kappa shape index (κ2) is 7.52. The van der Waals surface area contributed by atoms with E-state index in [1.165, 1.54) is 6.42 Å². The predicted molar refractivity (Wildman–Crippen MR) is 126 cm³/mol. The molecule has 2 amide bonds. The largest absolute Gasteiger partial charge is 0.351 e. The summed E-state index contributed by atoms with van der Waals surface area (Å²) >= 11 is 1.63. The minimum Gasteiger partial charge on any atom is -0.351 e. The lowest BCUT2D eigenvalue weighted by Crippen LogP contribution is -2.65. The van der Waals surface area contributed by atoms with Crippen LogP contribution in [-0.4, -0.2) is 28.0 Å². The van der Waals surface area contributed by atoms with Gasteiger partial charge in [-0.3, -0.25) is 14.5 Å². The number of aryl methyl sites for hydroxylation is 2. The Bertz CT molecular complexity index is 1170. The summed E-state index contributed by atoms with van der Waals surface area (Å²) in [6.07, 6.45) is 5.57. The Hall–Kier alpha value is -2.60. The number of carbonyl (C=O) groups is 2. The standard InChI is InChI=1S/C25H29N3O2S/c1-16-9-10-19(17(2)13-16)28-23(29)21-14-22-20(11-12-31-22)27(21)15-25(28,3)24(30)26-18-7-5-4-6-8-18/h9-14,18H,4-8,15H2,1-3H3,(H,26,30)/t25-/m0/s1. The number of rotatable bonds is 3. The average Bonchev–Trinajstić information content (AvgIpc) is 3.33. The Labute approximate surface area is 187 Å². The lowest BCUT2D eigenvalue weighted by atomic mass is 9.90. The molecular weight excluding hydrogens is 406 g/mol. The van der Waals surface area contributed by atoms with E-state index in [0.29, 0.717) is 12.2 Å². The minimum absolute atomic E-state index is 0.0598. The molecule has 5 nitrogen and oxygen atoms in total. The van der Waals surface area contributed by atoms with Gasteiger partial charge in [0.25, 0.3) is 5.91 Å². The monoisotopic (exact) mass is 435 g/mol. The zero-order valence-corrected chi connectivity index (χ0v) is 19.2. The average molecular weight is 436 g/mol. The van der Waals surface area contributed by atoms with Crippen LogP contribution < -0.4 is 10.2 Å². The number of benzene rings is 1. The molecule has 1 aliphatic heterocycles. The normalized spacial score (nSPS) is 22.0. The van der Waals surface area contributed by atoms with Crippen molar-refractivity contribution in [2.75, 3.05) is 4.90 Å². The zero-order chi connectivity index (χ0) is 21.8. The molecule has 2 aromatic heterocycles. The van der Waals surface area contributed by atoms with Gasteiger partial charge >= 0.3 is 0 Å². The van der Waals surface area contributed by atoms with Crippen molar-refractivity contribution in [3.05, 3.63) is 52.5 Å². The topological polar surface area (TPSA) is 54.3 Å². The number of carbonyl (C=O) groups excluding carboxylic acids is 2. The van der Waals surface area contributed by atoms with Crippen molar-refractivity contribution in [1.29, 1.82) is 0 Å². The molecule has 162 valence electrons. The SMILES string of the molecule is Cc1ccc(N2C(=O)c3cc4sccc4n3C[C@@]2(C)C(=O)NC2CCCCC2)c(C)c1. The number of nitrogens with one attached hydrogen (secondary N) is 1. The van der Waals surface area contributed by atoms with Gasteiger partial charge in [-0.15, -0.1) is 11.3 Å². The highest BCUT2D eigenvalue weighted by Gasteiger charge is 2.49. The summed E-state index contributed by atoms with van der Waals surface area (Å²) < 4.78 is 3.12. The molecule has 0 saturated heterocycles. The van der Waals surface area contributed by atoms with E-state index in [9.17, 15) is 9.59 Å². The molecule has 0 spiro atoms. The molecule has 1 aromatic carbocycles. The first-order valence-electron chi connectivity index (χ1n) is 11.2. The fourth-order valence-electron chi connectivity index (χ4n) is 5.23. The summed E-state index contributed by atoms with van der Waals surface area (Å²) in [6.45, 7) is 6.42. The van der Waals surface area contributed by atoms with E-state index >= 15 is 0 Å². The van der Waals surface area contributed by atoms with Gasteiger partial charge in [-0.1, -0.05) is 37.0 Å². The number of fused-ring (bicyclic) bond motifs is 3. The van der Waals surface area contributed by atoms with Crippen LogP contribution in [-0.2, 0) is 11.3 Å². The Kier molecular flexibility index (Phi) is 4.93. The lowest BCUT2D eigenvalue weighted by molar-refractivity contribution is -0.127. The minimum atomic E-state index is -1.00. The van der Waals surface area contributed by atoms with Crippen molar-refractivity contribution >= 4 is 39.1 Å². The quantitative estimate of drug-likeness (QED) is 0.616. The maximum atomic E-state index is 13.9. The third kappa shape index (κ3) is 3.28. The Balaban J connectivity index is 1.62. The van der Waals surface area contributed by atoms with E-state index in [2.05, 4.69) is 11.4 Å². The molecule has 31 heavy (non-hydrogen) atoms. The van der Waals surface area contributed by atoms with Gasteiger partial charge in [0, 0.05) is 11.7 Å². The molecule has 1 fully saturated rings. The molecule has 3 heterocycles. The highest BCUT2D eigenvalue weighted by atomic mass is 32.1. The molecule has 1 aliphatic carbocycles. The van der Waals surface area contributed by atoms with Crippen molar-refractivity contribution in [3.63, 3.8) is 0 Å². The highest BCUT2D eigenvalue weighted by molar-refractivity contribution is 7.17. The van der Waals surface area contributed by atoms with Gasteiger partial charge in [-0.05, 0) is 62.8 Å². The number of aromatic nitrogens is 1. The van der Waals surface area contributed by atoms with E-state index in [1.54, 1.807) is 16.2 Å². The third-order valence-corrected chi connectivity index (χ3v) is 7.78.